The molecule has 2 aliphatic rings. The first kappa shape index (κ1) is 23.2. The van der Waals surface area contributed by atoms with Crippen molar-refractivity contribution in [2.45, 2.75) is 25.9 Å². The van der Waals surface area contributed by atoms with Crippen molar-refractivity contribution in [2.75, 3.05) is 32.1 Å². The minimum absolute atomic E-state index is 0.109. The normalized spacial score (nSPS) is 15.8. The molecule has 9 nitrogen and oxygen atoms in total. The highest BCUT2D eigenvalue weighted by atomic mass is 79.9. The summed E-state index contributed by atoms with van der Waals surface area (Å²) in [6.07, 6.45) is -2.17. The number of benzene rings is 1. The molecule has 0 radical (unpaired) electrons. The standard InChI is InChI=1S/C20H20BrF3N6O3/c1-28-19(31)18-13-8-29(20(32)25-11-2-3-15(22)14(21)6-11)5-4-16(13)27-30(18)7-12(26-28)9-33-10-17(23)24/h2-3,6,17H,4-5,7-10H2,1H3,(H,25,32). The van der Waals surface area contributed by atoms with Gasteiger partial charge < -0.3 is 15.0 Å². The summed E-state index contributed by atoms with van der Waals surface area (Å²) in [5, 5.41) is 12.5. The van der Waals surface area contributed by atoms with Gasteiger partial charge in [0.2, 0.25) is 0 Å². The van der Waals surface area contributed by atoms with E-state index in [0.29, 0.717) is 41.3 Å². The molecule has 2 aliphatic heterocycles. The third kappa shape index (κ3) is 5.03. The largest absolute Gasteiger partial charge is 0.369 e. The van der Waals surface area contributed by atoms with Crippen LogP contribution in [0.4, 0.5) is 23.7 Å². The Hall–Kier alpha value is -2.93. The fraction of sp³-hybridized carbons (Fsp3) is 0.400. The first-order valence-corrected chi connectivity index (χ1v) is 10.8. The maximum atomic E-state index is 13.4. The Morgan fingerprint density at radius 3 is 2.85 bits per heavy atom. The van der Waals surface area contributed by atoms with Crippen LogP contribution in [0.3, 0.4) is 0 Å². The number of amides is 3. The molecule has 13 heteroatoms. The SMILES string of the molecule is CN1N=C(COCC(F)F)Cn2nc3c(c2C1=O)CN(C(=O)Nc1ccc(F)c(Br)c1)CC3. The monoisotopic (exact) mass is 528 g/mol. The van der Waals surface area contributed by atoms with E-state index in [1.165, 1.54) is 34.8 Å². The fourth-order valence-corrected chi connectivity index (χ4v) is 4.06. The summed E-state index contributed by atoms with van der Waals surface area (Å²) in [5.41, 5.74) is 2.39. The number of nitrogens with zero attached hydrogens (tertiary/aromatic N) is 5. The predicted molar refractivity (Wildman–Crippen MR) is 116 cm³/mol. The molecule has 0 saturated carbocycles. The number of halogens is 4. The Bertz CT molecular complexity index is 1120. The van der Waals surface area contributed by atoms with E-state index in [1.54, 1.807) is 0 Å². The van der Waals surface area contributed by atoms with Crippen LogP contribution < -0.4 is 5.32 Å². The van der Waals surface area contributed by atoms with Gasteiger partial charge in [0.1, 0.15) is 18.1 Å². The van der Waals surface area contributed by atoms with Crippen LogP contribution in [0.5, 0.6) is 0 Å². The lowest BCUT2D eigenvalue weighted by molar-refractivity contribution is 0.0316. The number of hydrazone groups is 1. The molecule has 0 fully saturated rings. The van der Waals surface area contributed by atoms with E-state index in [9.17, 15) is 22.8 Å². The van der Waals surface area contributed by atoms with Crippen molar-refractivity contribution < 1.29 is 27.5 Å². The zero-order valence-corrected chi connectivity index (χ0v) is 19.1. The average molecular weight is 529 g/mol. The van der Waals surface area contributed by atoms with Crippen molar-refractivity contribution in [3.8, 4) is 0 Å². The van der Waals surface area contributed by atoms with Gasteiger partial charge in [0, 0.05) is 31.3 Å². The number of carbonyl (C=O) groups excluding carboxylic acids is 2. The Kier molecular flexibility index (Phi) is 6.70. The van der Waals surface area contributed by atoms with Crippen molar-refractivity contribution >= 4 is 39.3 Å². The maximum absolute atomic E-state index is 13.4. The molecule has 0 saturated heterocycles. The topological polar surface area (TPSA) is 92.1 Å². The smallest absolute Gasteiger partial charge is 0.322 e. The number of hydrogen-bond acceptors (Lipinski definition) is 5. The summed E-state index contributed by atoms with van der Waals surface area (Å²) < 4.78 is 44.9. The lowest BCUT2D eigenvalue weighted by atomic mass is 10.1. The number of nitrogens with one attached hydrogen (secondary N) is 1. The van der Waals surface area contributed by atoms with Gasteiger partial charge in [-0.25, -0.2) is 23.0 Å². The van der Waals surface area contributed by atoms with Gasteiger partial charge in [0.15, 0.2) is 0 Å². The quantitative estimate of drug-likeness (QED) is 0.645. The van der Waals surface area contributed by atoms with E-state index < -0.39 is 30.8 Å². The number of urea groups is 1. The number of anilines is 1. The molecular formula is C20H20BrF3N6O3. The summed E-state index contributed by atoms with van der Waals surface area (Å²) in [4.78, 5) is 27.3. The van der Waals surface area contributed by atoms with E-state index >= 15 is 0 Å². The van der Waals surface area contributed by atoms with Gasteiger partial charge in [0.25, 0.3) is 12.3 Å². The summed E-state index contributed by atoms with van der Waals surface area (Å²) in [7, 11) is 1.46. The highest BCUT2D eigenvalue weighted by Crippen LogP contribution is 2.26. The number of fused-ring (bicyclic) bond motifs is 3. The molecule has 0 spiro atoms. The molecule has 0 aliphatic carbocycles. The Balaban J connectivity index is 1.51. The van der Waals surface area contributed by atoms with Gasteiger partial charge >= 0.3 is 6.03 Å². The molecule has 0 atom stereocenters. The zero-order valence-electron chi connectivity index (χ0n) is 17.5. The third-order valence-corrected chi connectivity index (χ3v) is 5.80. The fourth-order valence-electron chi connectivity index (χ4n) is 3.69. The van der Waals surface area contributed by atoms with Crippen LogP contribution in [-0.4, -0.2) is 70.6 Å². The Labute approximate surface area is 195 Å². The van der Waals surface area contributed by atoms with Crippen LogP contribution in [0, 0.1) is 5.82 Å². The minimum atomic E-state index is -2.60. The van der Waals surface area contributed by atoms with Crippen molar-refractivity contribution in [3.05, 3.63) is 45.4 Å². The third-order valence-electron chi connectivity index (χ3n) is 5.19. The first-order chi connectivity index (χ1) is 15.7. The Morgan fingerprint density at radius 2 is 2.12 bits per heavy atom. The van der Waals surface area contributed by atoms with E-state index in [1.807, 2.05) is 0 Å². The van der Waals surface area contributed by atoms with Crippen molar-refractivity contribution in [2.24, 2.45) is 5.10 Å². The zero-order chi connectivity index (χ0) is 23.7. The molecule has 0 bridgehead atoms. The second-order valence-corrected chi connectivity index (χ2v) is 8.42. The molecule has 2 aromatic rings. The summed E-state index contributed by atoms with van der Waals surface area (Å²) >= 11 is 3.09. The summed E-state index contributed by atoms with van der Waals surface area (Å²) in [6.45, 7) is -0.255. The molecule has 4 rings (SSSR count). The second kappa shape index (κ2) is 9.51. The molecule has 1 aromatic carbocycles. The van der Waals surface area contributed by atoms with Gasteiger partial charge in [-0.2, -0.15) is 10.2 Å². The number of hydrogen-bond donors (Lipinski definition) is 1. The van der Waals surface area contributed by atoms with Crippen molar-refractivity contribution in [1.29, 1.82) is 0 Å². The lowest BCUT2D eigenvalue weighted by Crippen LogP contribution is -2.39. The highest BCUT2D eigenvalue weighted by Gasteiger charge is 2.33. The van der Waals surface area contributed by atoms with Crippen LogP contribution in [0.1, 0.15) is 21.7 Å². The number of rotatable bonds is 5. The second-order valence-electron chi connectivity index (χ2n) is 7.56. The molecule has 176 valence electrons. The number of aromatic nitrogens is 2. The molecule has 0 unspecified atom stereocenters. The van der Waals surface area contributed by atoms with Crippen LogP contribution in [0.2, 0.25) is 0 Å². The summed E-state index contributed by atoms with van der Waals surface area (Å²) in [6, 6.07) is 3.75. The number of carbonyl (C=O) groups is 2. The van der Waals surface area contributed by atoms with Crippen LogP contribution >= 0.6 is 15.9 Å². The van der Waals surface area contributed by atoms with Crippen LogP contribution in [-0.2, 0) is 24.2 Å². The van der Waals surface area contributed by atoms with Crippen molar-refractivity contribution in [1.82, 2.24) is 19.7 Å². The van der Waals surface area contributed by atoms with E-state index in [-0.39, 0.29) is 24.2 Å². The van der Waals surface area contributed by atoms with E-state index in [0.717, 1.165) is 5.01 Å². The van der Waals surface area contributed by atoms with Crippen LogP contribution in [0.15, 0.2) is 27.8 Å². The van der Waals surface area contributed by atoms with E-state index in [2.05, 4.69) is 31.4 Å². The van der Waals surface area contributed by atoms with Gasteiger partial charge in [-0.15, -0.1) is 0 Å². The molecule has 3 heterocycles. The summed E-state index contributed by atoms with van der Waals surface area (Å²) in [5.74, 6) is -0.862. The van der Waals surface area contributed by atoms with Gasteiger partial charge in [-0.3, -0.25) is 9.48 Å². The van der Waals surface area contributed by atoms with Gasteiger partial charge in [0.05, 0.1) is 35.6 Å². The minimum Gasteiger partial charge on any atom is -0.369 e. The molecule has 1 aromatic heterocycles. The van der Waals surface area contributed by atoms with Gasteiger partial charge in [-0.1, -0.05) is 0 Å². The van der Waals surface area contributed by atoms with Crippen LogP contribution in [0.25, 0.3) is 0 Å². The molecule has 33 heavy (non-hydrogen) atoms. The lowest BCUT2D eigenvalue weighted by Gasteiger charge is -2.27. The Morgan fingerprint density at radius 1 is 1.33 bits per heavy atom. The number of ether oxygens (including phenoxy) is 1. The van der Waals surface area contributed by atoms with E-state index in [4.69, 9.17) is 4.74 Å². The highest BCUT2D eigenvalue weighted by molar-refractivity contribution is 9.10. The molecule has 3 amide bonds. The van der Waals surface area contributed by atoms with Gasteiger partial charge in [-0.05, 0) is 34.1 Å². The molecule has 1 N–H and O–H groups in total. The maximum Gasteiger partial charge on any atom is 0.322 e. The first-order valence-electron chi connectivity index (χ1n) is 10.0. The number of alkyl halides is 2. The average Bonchev–Trinajstić information content (AvgIpc) is 3.06. The predicted octanol–water partition coefficient (Wildman–Crippen LogP) is 3.10. The van der Waals surface area contributed by atoms with Crippen molar-refractivity contribution in [3.63, 3.8) is 0 Å². The molecular weight excluding hydrogens is 509 g/mol.